The van der Waals surface area contributed by atoms with E-state index in [0.717, 1.165) is 25.7 Å². The van der Waals surface area contributed by atoms with Gasteiger partial charge in [-0.25, -0.2) is 8.42 Å². The van der Waals surface area contributed by atoms with Crippen molar-refractivity contribution in [3.63, 3.8) is 0 Å². The van der Waals surface area contributed by atoms with Crippen molar-refractivity contribution >= 4 is 15.7 Å². The molecule has 0 unspecified atom stereocenters. The van der Waals surface area contributed by atoms with E-state index >= 15 is 0 Å². The van der Waals surface area contributed by atoms with Crippen molar-refractivity contribution < 1.29 is 13.2 Å². The second kappa shape index (κ2) is 5.88. The third-order valence-corrected chi connectivity index (χ3v) is 7.22. The number of sulfone groups is 1. The third-order valence-electron chi connectivity index (χ3n) is 5.21. The number of carbonyl (C=O) groups excluding carboxylic acids is 1. The van der Waals surface area contributed by atoms with E-state index in [-0.39, 0.29) is 11.9 Å². The average Bonchev–Trinajstić information content (AvgIpc) is 2.40. The maximum atomic E-state index is 12.7. The molecule has 1 aliphatic heterocycles. The van der Waals surface area contributed by atoms with Crippen molar-refractivity contribution in [2.24, 2.45) is 5.41 Å². The van der Waals surface area contributed by atoms with Crippen LogP contribution in [0.25, 0.3) is 0 Å². The van der Waals surface area contributed by atoms with Crippen LogP contribution in [0.2, 0.25) is 0 Å². The molecule has 0 spiro atoms. The Morgan fingerprint density at radius 2 is 1.62 bits per heavy atom. The lowest BCUT2D eigenvalue weighted by molar-refractivity contribution is -0.125. The molecule has 0 atom stereocenters. The molecule has 1 aliphatic carbocycles. The monoisotopic (exact) mass is 316 g/mol. The molecule has 1 heterocycles. The summed E-state index contributed by atoms with van der Waals surface area (Å²) in [7, 11) is -3.41. The maximum absolute atomic E-state index is 12.7. The molecule has 6 heteroatoms. The number of carbonyl (C=O) groups is 1. The summed E-state index contributed by atoms with van der Waals surface area (Å²) in [4.78, 5) is 12.7. The lowest BCUT2D eigenvalue weighted by atomic mass is 9.75. The summed E-state index contributed by atoms with van der Waals surface area (Å²) in [6.07, 6.45) is 5.97. The summed E-state index contributed by atoms with van der Waals surface area (Å²) in [5.74, 6) is -0.281. The number of rotatable bonds is 3. The number of hydrogen-bond donors (Lipinski definition) is 2. The van der Waals surface area contributed by atoms with Crippen molar-refractivity contribution in [3.8, 4) is 0 Å². The van der Waals surface area contributed by atoms with Crippen LogP contribution in [0.4, 0.5) is 0 Å². The highest BCUT2D eigenvalue weighted by Crippen LogP contribution is 2.36. The van der Waals surface area contributed by atoms with Gasteiger partial charge in [-0.05, 0) is 57.0 Å². The van der Waals surface area contributed by atoms with Gasteiger partial charge < -0.3 is 10.6 Å². The van der Waals surface area contributed by atoms with Crippen molar-refractivity contribution in [1.82, 2.24) is 10.6 Å². The minimum absolute atomic E-state index is 0.124. The first-order chi connectivity index (χ1) is 9.66. The van der Waals surface area contributed by atoms with Gasteiger partial charge in [0.05, 0.1) is 0 Å². The summed E-state index contributed by atoms with van der Waals surface area (Å²) in [5, 5.41) is 6.16. The topological polar surface area (TPSA) is 75.3 Å². The fourth-order valence-corrected chi connectivity index (χ4v) is 4.80. The summed E-state index contributed by atoms with van der Waals surface area (Å²) >= 11 is 0. The van der Waals surface area contributed by atoms with Crippen LogP contribution in [0.5, 0.6) is 0 Å². The number of hydrogen-bond acceptors (Lipinski definition) is 4. The highest BCUT2D eigenvalue weighted by Gasteiger charge is 2.49. The van der Waals surface area contributed by atoms with Crippen LogP contribution in [0, 0.1) is 5.41 Å². The maximum Gasteiger partial charge on any atom is 0.241 e. The molecule has 1 saturated heterocycles. The largest absolute Gasteiger partial charge is 0.352 e. The first kappa shape index (κ1) is 16.7. The molecule has 5 nitrogen and oxygen atoms in total. The SMILES string of the molecule is CC1(C)CCC(NC(=O)C2(S(C)(=O)=O)CCNCC2)CC1. The third kappa shape index (κ3) is 3.59. The predicted octanol–water partition coefficient (Wildman–Crippen LogP) is 1.24. The average molecular weight is 316 g/mol. The van der Waals surface area contributed by atoms with E-state index in [1.54, 1.807) is 0 Å². The molecule has 0 aromatic rings. The smallest absolute Gasteiger partial charge is 0.241 e. The molecule has 0 bridgehead atoms. The van der Waals surface area contributed by atoms with Crippen LogP contribution in [-0.4, -0.2) is 44.5 Å². The highest BCUT2D eigenvalue weighted by molar-refractivity contribution is 7.92. The van der Waals surface area contributed by atoms with Gasteiger partial charge in [0.15, 0.2) is 14.6 Å². The Labute approximate surface area is 128 Å². The summed E-state index contributed by atoms with van der Waals surface area (Å²) in [6.45, 7) is 5.65. The minimum atomic E-state index is -3.41. The van der Waals surface area contributed by atoms with Crippen LogP contribution >= 0.6 is 0 Å². The minimum Gasteiger partial charge on any atom is -0.352 e. The molecular weight excluding hydrogens is 288 g/mol. The first-order valence-corrected chi connectivity index (χ1v) is 9.77. The Balaban J connectivity index is 2.07. The zero-order chi connectivity index (χ0) is 15.7. The van der Waals surface area contributed by atoms with Crippen LogP contribution in [0.3, 0.4) is 0 Å². The van der Waals surface area contributed by atoms with Crippen molar-refractivity contribution in [3.05, 3.63) is 0 Å². The molecule has 1 amide bonds. The second-order valence-electron chi connectivity index (χ2n) is 7.43. The molecule has 0 aromatic carbocycles. The van der Waals surface area contributed by atoms with Gasteiger partial charge >= 0.3 is 0 Å². The van der Waals surface area contributed by atoms with E-state index in [9.17, 15) is 13.2 Å². The highest BCUT2D eigenvalue weighted by atomic mass is 32.2. The molecular formula is C15H28N2O3S. The van der Waals surface area contributed by atoms with Gasteiger partial charge in [-0.2, -0.15) is 0 Å². The summed E-state index contributed by atoms with van der Waals surface area (Å²) in [5.41, 5.74) is 0.338. The van der Waals surface area contributed by atoms with Gasteiger partial charge in [-0.3, -0.25) is 4.79 Å². The Morgan fingerprint density at radius 1 is 1.10 bits per heavy atom. The van der Waals surface area contributed by atoms with Gasteiger partial charge in [-0.15, -0.1) is 0 Å². The number of amides is 1. The number of piperidine rings is 1. The Kier molecular flexibility index (Phi) is 4.69. The standard InChI is InChI=1S/C15H28N2O3S/c1-14(2)6-4-12(5-7-14)17-13(18)15(21(3,19)20)8-10-16-11-9-15/h12,16H,4-11H2,1-3H3,(H,17,18). The lowest BCUT2D eigenvalue weighted by Crippen LogP contribution is -2.59. The van der Waals surface area contributed by atoms with E-state index in [1.807, 2.05) is 0 Å². The molecule has 0 aromatic heterocycles. The molecule has 2 fully saturated rings. The van der Waals surface area contributed by atoms with Gasteiger partial charge in [0, 0.05) is 12.3 Å². The van der Waals surface area contributed by atoms with E-state index in [0.29, 0.717) is 31.3 Å². The van der Waals surface area contributed by atoms with E-state index in [4.69, 9.17) is 0 Å². The number of nitrogens with one attached hydrogen (secondary N) is 2. The summed E-state index contributed by atoms with van der Waals surface area (Å²) < 4.78 is 23.2. The van der Waals surface area contributed by atoms with Crippen LogP contribution in [-0.2, 0) is 14.6 Å². The fourth-order valence-electron chi connectivity index (χ4n) is 3.46. The van der Waals surface area contributed by atoms with Gasteiger partial charge in [0.25, 0.3) is 0 Å². The Hall–Kier alpha value is -0.620. The molecule has 2 rings (SSSR count). The van der Waals surface area contributed by atoms with Gasteiger partial charge in [0.2, 0.25) is 5.91 Å². The predicted molar refractivity (Wildman–Crippen MR) is 83.9 cm³/mol. The Morgan fingerprint density at radius 3 is 2.10 bits per heavy atom. The quantitative estimate of drug-likeness (QED) is 0.821. The summed E-state index contributed by atoms with van der Waals surface area (Å²) in [6, 6.07) is 0.124. The molecule has 1 saturated carbocycles. The van der Waals surface area contributed by atoms with E-state index < -0.39 is 14.6 Å². The van der Waals surface area contributed by atoms with Crippen molar-refractivity contribution in [1.29, 1.82) is 0 Å². The Bertz CT molecular complexity index is 483. The molecule has 122 valence electrons. The van der Waals surface area contributed by atoms with Crippen molar-refractivity contribution in [2.45, 2.75) is 63.2 Å². The molecule has 0 radical (unpaired) electrons. The molecule has 21 heavy (non-hydrogen) atoms. The zero-order valence-corrected chi connectivity index (χ0v) is 14.2. The first-order valence-electron chi connectivity index (χ1n) is 7.88. The zero-order valence-electron chi connectivity index (χ0n) is 13.4. The van der Waals surface area contributed by atoms with Crippen LogP contribution < -0.4 is 10.6 Å². The molecule has 2 aliphatic rings. The van der Waals surface area contributed by atoms with Gasteiger partial charge in [0.1, 0.15) is 0 Å². The second-order valence-corrected chi connectivity index (χ2v) is 9.75. The van der Waals surface area contributed by atoms with E-state index in [2.05, 4.69) is 24.5 Å². The van der Waals surface area contributed by atoms with E-state index in [1.165, 1.54) is 6.26 Å². The molecule has 2 N–H and O–H groups in total. The van der Waals surface area contributed by atoms with Crippen LogP contribution in [0.15, 0.2) is 0 Å². The van der Waals surface area contributed by atoms with Gasteiger partial charge in [-0.1, -0.05) is 13.8 Å². The fraction of sp³-hybridized carbons (Fsp3) is 0.933. The van der Waals surface area contributed by atoms with Crippen LogP contribution in [0.1, 0.15) is 52.4 Å². The normalized spacial score (nSPS) is 26.2. The lowest BCUT2D eigenvalue weighted by Gasteiger charge is -2.38. The van der Waals surface area contributed by atoms with Crippen molar-refractivity contribution in [2.75, 3.05) is 19.3 Å².